The number of hydrogen-bond donors (Lipinski definition) is 2. The molecule has 0 radical (unpaired) electrons. The summed E-state index contributed by atoms with van der Waals surface area (Å²) in [5.41, 5.74) is 2.34. The van der Waals surface area contributed by atoms with E-state index >= 15 is 0 Å². The fourth-order valence-electron chi connectivity index (χ4n) is 2.80. The van der Waals surface area contributed by atoms with Gasteiger partial charge >= 0.3 is 0 Å². The Labute approximate surface area is 202 Å². The standard InChI is InChI=1S/C25H25BrN2O3S/c1-2-3-15-30-23-14-9-19(16-22(23)26)24(29)28-25(32)27-20-10-12-21(13-11-20)31-17-18-7-5-4-6-8-18/h4-14,16H,2-3,15,17H2,1H3,(H2,27,28,29,32). The molecule has 0 fully saturated rings. The molecule has 3 rings (SSSR count). The fraction of sp³-hybridized carbons (Fsp3) is 0.200. The molecule has 0 aliphatic rings. The van der Waals surface area contributed by atoms with E-state index in [0.29, 0.717) is 24.5 Å². The first kappa shape index (κ1) is 23.8. The third-order valence-corrected chi connectivity index (χ3v) is 5.36. The van der Waals surface area contributed by atoms with E-state index in [1.54, 1.807) is 18.2 Å². The Hall–Kier alpha value is -2.90. The Morgan fingerprint density at radius 1 is 1.00 bits per heavy atom. The van der Waals surface area contributed by atoms with Gasteiger partial charge in [0.05, 0.1) is 11.1 Å². The molecular weight excluding hydrogens is 488 g/mol. The van der Waals surface area contributed by atoms with Gasteiger partial charge in [0.2, 0.25) is 0 Å². The van der Waals surface area contributed by atoms with Gasteiger partial charge in [0.1, 0.15) is 18.1 Å². The van der Waals surface area contributed by atoms with Crippen molar-refractivity contribution in [1.29, 1.82) is 0 Å². The molecule has 0 unspecified atom stereocenters. The Morgan fingerprint density at radius 2 is 1.75 bits per heavy atom. The molecule has 1 amide bonds. The van der Waals surface area contributed by atoms with Crippen molar-refractivity contribution in [2.24, 2.45) is 0 Å². The van der Waals surface area contributed by atoms with Crippen molar-refractivity contribution < 1.29 is 14.3 Å². The Bertz CT molecular complexity index is 1040. The average Bonchev–Trinajstić information content (AvgIpc) is 2.80. The lowest BCUT2D eigenvalue weighted by molar-refractivity contribution is 0.0977. The smallest absolute Gasteiger partial charge is 0.257 e. The number of amides is 1. The number of nitrogens with one attached hydrogen (secondary N) is 2. The van der Waals surface area contributed by atoms with E-state index in [1.165, 1.54) is 0 Å². The number of unbranched alkanes of at least 4 members (excludes halogenated alkanes) is 1. The zero-order valence-electron chi connectivity index (χ0n) is 17.8. The van der Waals surface area contributed by atoms with E-state index in [1.807, 2.05) is 54.6 Å². The predicted molar refractivity (Wildman–Crippen MR) is 135 cm³/mol. The van der Waals surface area contributed by atoms with Crippen molar-refractivity contribution in [2.45, 2.75) is 26.4 Å². The first-order valence-electron chi connectivity index (χ1n) is 10.4. The number of thiocarbonyl (C=S) groups is 1. The minimum Gasteiger partial charge on any atom is -0.492 e. The van der Waals surface area contributed by atoms with Gasteiger partial charge in [0.25, 0.3) is 5.91 Å². The highest BCUT2D eigenvalue weighted by Gasteiger charge is 2.11. The summed E-state index contributed by atoms with van der Waals surface area (Å²) in [6, 6.07) is 22.6. The molecule has 7 heteroatoms. The molecule has 2 N–H and O–H groups in total. The second-order valence-electron chi connectivity index (χ2n) is 7.05. The van der Waals surface area contributed by atoms with Gasteiger partial charge in [-0.05, 0) is 82.6 Å². The topological polar surface area (TPSA) is 59.6 Å². The van der Waals surface area contributed by atoms with E-state index in [-0.39, 0.29) is 11.0 Å². The number of carbonyl (C=O) groups excluding carboxylic acids is 1. The second kappa shape index (κ2) is 12.2. The van der Waals surface area contributed by atoms with Crippen LogP contribution in [0.3, 0.4) is 0 Å². The Balaban J connectivity index is 1.49. The number of ether oxygens (including phenoxy) is 2. The van der Waals surface area contributed by atoms with Crippen molar-refractivity contribution in [3.63, 3.8) is 0 Å². The van der Waals surface area contributed by atoms with E-state index in [9.17, 15) is 4.79 Å². The molecule has 0 aromatic heterocycles. The van der Waals surface area contributed by atoms with Crippen LogP contribution in [0.2, 0.25) is 0 Å². The molecule has 32 heavy (non-hydrogen) atoms. The van der Waals surface area contributed by atoms with Crippen LogP contribution in [0.4, 0.5) is 5.69 Å². The van der Waals surface area contributed by atoms with Crippen molar-refractivity contribution in [1.82, 2.24) is 5.32 Å². The maximum atomic E-state index is 12.5. The summed E-state index contributed by atoms with van der Waals surface area (Å²) < 4.78 is 12.2. The van der Waals surface area contributed by atoms with Gasteiger partial charge in [-0.3, -0.25) is 10.1 Å². The summed E-state index contributed by atoms with van der Waals surface area (Å²) in [5, 5.41) is 5.92. The number of rotatable bonds is 9. The van der Waals surface area contributed by atoms with E-state index in [2.05, 4.69) is 33.5 Å². The number of benzene rings is 3. The molecule has 0 spiro atoms. The van der Waals surface area contributed by atoms with Gasteiger partial charge in [0, 0.05) is 11.3 Å². The van der Waals surface area contributed by atoms with Crippen molar-refractivity contribution in [3.05, 3.63) is 88.4 Å². The lowest BCUT2D eigenvalue weighted by Crippen LogP contribution is -2.34. The molecule has 0 aliphatic heterocycles. The lowest BCUT2D eigenvalue weighted by Gasteiger charge is -2.12. The number of anilines is 1. The van der Waals surface area contributed by atoms with Gasteiger partial charge in [-0.2, -0.15) is 0 Å². The molecule has 0 atom stereocenters. The summed E-state index contributed by atoms with van der Waals surface area (Å²) in [6.45, 7) is 3.25. The molecular formula is C25H25BrN2O3S. The first-order chi connectivity index (χ1) is 15.5. The molecule has 5 nitrogen and oxygen atoms in total. The maximum absolute atomic E-state index is 12.5. The molecule has 0 saturated carbocycles. The summed E-state index contributed by atoms with van der Waals surface area (Å²) >= 11 is 8.74. The molecule has 0 heterocycles. The van der Waals surface area contributed by atoms with Crippen LogP contribution in [0.5, 0.6) is 11.5 Å². The first-order valence-corrected chi connectivity index (χ1v) is 11.6. The van der Waals surface area contributed by atoms with Crippen LogP contribution < -0.4 is 20.1 Å². The fourth-order valence-corrected chi connectivity index (χ4v) is 3.50. The second-order valence-corrected chi connectivity index (χ2v) is 8.32. The summed E-state index contributed by atoms with van der Waals surface area (Å²) in [6.07, 6.45) is 2.04. The largest absolute Gasteiger partial charge is 0.492 e. The van der Waals surface area contributed by atoms with Crippen LogP contribution >= 0.6 is 28.1 Å². The SMILES string of the molecule is CCCCOc1ccc(C(=O)NC(=S)Nc2ccc(OCc3ccccc3)cc2)cc1Br. The normalized spacial score (nSPS) is 10.3. The predicted octanol–water partition coefficient (Wildman–Crippen LogP) is 6.33. The molecule has 0 aliphatic carbocycles. The van der Waals surface area contributed by atoms with Crippen LogP contribution in [0.15, 0.2) is 77.3 Å². The Morgan fingerprint density at radius 3 is 2.44 bits per heavy atom. The molecule has 3 aromatic rings. The molecule has 0 bridgehead atoms. The van der Waals surface area contributed by atoms with E-state index < -0.39 is 0 Å². The number of carbonyl (C=O) groups is 1. The highest BCUT2D eigenvalue weighted by molar-refractivity contribution is 9.10. The van der Waals surface area contributed by atoms with Crippen LogP contribution in [-0.2, 0) is 6.61 Å². The van der Waals surface area contributed by atoms with Crippen LogP contribution in [0.1, 0.15) is 35.7 Å². The van der Waals surface area contributed by atoms with Crippen LogP contribution in [0, 0.1) is 0 Å². The third-order valence-electron chi connectivity index (χ3n) is 4.54. The molecule has 166 valence electrons. The lowest BCUT2D eigenvalue weighted by atomic mass is 10.2. The quantitative estimate of drug-likeness (QED) is 0.259. The van der Waals surface area contributed by atoms with Crippen molar-refractivity contribution in [2.75, 3.05) is 11.9 Å². The minimum absolute atomic E-state index is 0.215. The zero-order chi connectivity index (χ0) is 22.8. The maximum Gasteiger partial charge on any atom is 0.257 e. The van der Waals surface area contributed by atoms with Gasteiger partial charge in [-0.25, -0.2) is 0 Å². The Kier molecular flexibility index (Phi) is 9.07. The average molecular weight is 513 g/mol. The van der Waals surface area contributed by atoms with Gasteiger partial charge in [0.15, 0.2) is 5.11 Å². The monoisotopic (exact) mass is 512 g/mol. The highest BCUT2D eigenvalue weighted by Crippen LogP contribution is 2.26. The van der Waals surface area contributed by atoms with Gasteiger partial charge in [-0.1, -0.05) is 43.7 Å². The van der Waals surface area contributed by atoms with Gasteiger partial charge in [-0.15, -0.1) is 0 Å². The highest BCUT2D eigenvalue weighted by atomic mass is 79.9. The van der Waals surface area contributed by atoms with Crippen molar-refractivity contribution >= 4 is 44.9 Å². The van der Waals surface area contributed by atoms with E-state index in [4.69, 9.17) is 21.7 Å². The van der Waals surface area contributed by atoms with Crippen LogP contribution in [-0.4, -0.2) is 17.6 Å². The number of halogens is 1. The zero-order valence-corrected chi connectivity index (χ0v) is 20.2. The van der Waals surface area contributed by atoms with E-state index in [0.717, 1.165) is 34.3 Å². The van der Waals surface area contributed by atoms with Crippen molar-refractivity contribution in [3.8, 4) is 11.5 Å². The third kappa shape index (κ3) is 7.35. The van der Waals surface area contributed by atoms with Gasteiger partial charge < -0.3 is 14.8 Å². The minimum atomic E-state index is -0.300. The molecule has 3 aromatic carbocycles. The summed E-state index contributed by atoms with van der Waals surface area (Å²) in [7, 11) is 0. The summed E-state index contributed by atoms with van der Waals surface area (Å²) in [4.78, 5) is 12.5. The molecule has 0 saturated heterocycles. The summed E-state index contributed by atoms with van der Waals surface area (Å²) in [5.74, 6) is 1.16. The number of hydrogen-bond acceptors (Lipinski definition) is 4. The van der Waals surface area contributed by atoms with Crippen LogP contribution in [0.25, 0.3) is 0 Å².